The van der Waals surface area contributed by atoms with Crippen molar-refractivity contribution in [3.8, 4) is 5.75 Å². The molecule has 3 nitrogen and oxygen atoms in total. The second kappa shape index (κ2) is 5.48. The Kier molecular flexibility index (Phi) is 3.96. The number of hydrogen-bond donors (Lipinski definition) is 1. The van der Waals surface area contributed by atoms with Gasteiger partial charge in [0, 0.05) is 24.4 Å². The number of anilines is 1. The molecular weight excluding hydrogens is 247 g/mol. The molecule has 1 fully saturated rings. The Balaban J connectivity index is 1.98. The minimum absolute atomic E-state index is 0.139. The number of ether oxygens (including phenoxy) is 2. The molecule has 0 bridgehead atoms. The maximum atomic E-state index is 12.1. The van der Waals surface area contributed by atoms with Crippen LogP contribution in [0.15, 0.2) is 24.3 Å². The fourth-order valence-electron chi connectivity index (χ4n) is 1.87. The summed E-state index contributed by atoms with van der Waals surface area (Å²) in [5.41, 5.74) is 0.604. The molecule has 1 aliphatic rings. The quantitative estimate of drug-likeness (QED) is 0.906. The van der Waals surface area contributed by atoms with E-state index in [1.807, 2.05) is 0 Å². The molecule has 0 aromatic heterocycles. The van der Waals surface area contributed by atoms with Crippen LogP contribution in [0.2, 0.25) is 0 Å². The van der Waals surface area contributed by atoms with Gasteiger partial charge in [0.15, 0.2) is 0 Å². The van der Waals surface area contributed by atoms with Gasteiger partial charge in [0.1, 0.15) is 5.75 Å². The molecule has 100 valence electrons. The number of benzene rings is 1. The average Bonchev–Trinajstić information content (AvgIpc) is 2.28. The second-order valence-electron chi connectivity index (χ2n) is 4.13. The Morgan fingerprint density at radius 3 is 2.83 bits per heavy atom. The van der Waals surface area contributed by atoms with Crippen LogP contribution in [0.4, 0.5) is 18.9 Å². The van der Waals surface area contributed by atoms with Gasteiger partial charge in [-0.05, 0) is 25.0 Å². The topological polar surface area (TPSA) is 30.5 Å². The molecule has 1 aromatic carbocycles. The molecule has 0 aliphatic carbocycles. The van der Waals surface area contributed by atoms with Crippen LogP contribution in [0.5, 0.6) is 5.75 Å². The van der Waals surface area contributed by atoms with E-state index in [2.05, 4.69) is 10.1 Å². The molecule has 1 saturated heterocycles. The van der Waals surface area contributed by atoms with E-state index in [4.69, 9.17) is 4.74 Å². The highest BCUT2D eigenvalue weighted by molar-refractivity contribution is 5.49. The SMILES string of the molecule is FC(F)(F)Oc1cccc(NC2CCCOC2)c1. The van der Waals surface area contributed by atoms with Crippen molar-refractivity contribution >= 4 is 5.69 Å². The third-order valence-corrected chi connectivity index (χ3v) is 2.60. The van der Waals surface area contributed by atoms with Gasteiger partial charge in [-0.2, -0.15) is 0 Å². The van der Waals surface area contributed by atoms with Crippen molar-refractivity contribution in [3.05, 3.63) is 24.3 Å². The fraction of sp³-hybridized carbons (Fsp3) is 0.500. The van der Waals surface area contributed by atoms with E-state index in [0.717, 1.165) is 19.4 Å². The van der Waals surface area contributed by atoms with Crippen molar-refractivity contribution in [1.82, 2.24) is 0 Å². The number of alkyl halides is 3. The van der Waals surface area contributed by atoms with E-state index in [1.54, 1.807) is 6.07 Å². The molecule has 1 unspecified atom stereocenters. The summed E-state index contributed by atoms with van der Waals surface area (Å²) in [6, 6.07) is 5.98. The van der Waals surface area contributed by atoms with Crippen LogP contribution in [0.1, 0.15) is 12.8 Å². The minimum atomic E-state index is -4.66. The van der Waals surface area contributed by atoms with E-state index in [-0.39, 0.29) is 11.8 Å². The molecule has 0 spiro atoms. The summed E-state index contributed by atoms with van der Waals surface area (Å²) >= 11 is 0. The lowest BCUT2D eigenvalue weighted by molar-refractivity contribution is -0.274. The van der Waals surface area contributed by atoms with Crippen LogP contribution in [-0.4, -0.2) is 25.6 Å². The largest absolute Gasteiger partial charge is 0.573 e. The van der Waals surface area contributed by atoms with E-state index < -0.39 is 6.36 Å². The van der Waals surface area contributed by atoms with Gasteiger partial charge in [-0.1, -0.05) is 6.07 Å². The monoisotopic (exact) mass is 261 g/mol. The molecule has 6 heteroatoms. The fourth-order valence-corrected chi connectivity index (χ4v) is 1.87. The highest BCUT2D eigenvalue weighted by Gasteiger charge is 2.31. The highest BCUT2D eigenvalue weighted by atomic mass is 19.4. The minimum Gasteiger partial charge on any atom is -0.406 e. The van der Waals surface area contributed by atoms with Gasteiger partial charge in [-0.3, -0.25) is 0 Å². The predicted octanol–water partition coefficient (Wildman–Crippen LogP) is 3.18. The first-order valence-corrected chi connectivity index (χ1v) is 5.73. The molecule has 1 heterocycles. The van der Waals surface area contributed by atoms with E-state index in [9.17, 15) is 13.2 Å². The first-order valence-electron chi connectivity index (χ1n) is 5.73. The lowest BCUT2D eigenvalue weighted by atomic mass is 10.1. The number of halogens is 3. The zero-order chi connectivity index (χ0) is 13.0. The van der Waals surface area contributed by atoms with Crippen LogP contribution in [-0.2, 0) is 4.74 Å². The van der Waals surface area contributed by atoms with E-state index >= 15 is 0 Å². The smallest absolute Gasteiger partial charge is 0.406 e. The molecule has 1 N–H and O–H groups in total. The maximum absolute atomic E-state index is 12.1. The summed E-state index contributed by atoms with van der Waals surface area (Å²) in [5, 5.41) is 3.13. The molecular formula is C12H14F3NO2. The van der Waals surface area contributed by atoms with Gasteiger partial charge in [0.2, 0.25) is 0 Å². The summed E-state index contributed by atoms with van der Waals surface area (Å²) < 4.78 is 45.4. The van der Waals surface area contributed by atoms with Crippen LogP contribution < -0.4 is 10.1 Å². The molecule has 0 saturated carbocycles. The van der Waals surface area contributed by atoms with Crippen molar-refractivity contribution < 1.29 is 22.6 Å². The van der Waals surface area contributed by atoms with Gasteiger partial charge < -0.3 is 14.8 Å². The molecule has 2 rings (SSSR count). The summed E-state index contributed by atoms with van der Waals surface area (Å²) in [7, 11) is 0. The zero-order valence-electron chi connectivity index (χ0n) is 9.67. The van der Waals surface area contributed by atoms with Gasteiger partial charge in [-0.25, -0.2) is 0 Å². The zero-order valence-corrected chi connectivity index (χ0v) is 9.67. The van der Waals surface area contributed by atoms with Crippen molar-refractivity contribution in [1.29, 1.82) is 0 Å². The number of hydrogen-bond acceptors (Lipinski definition) is 3. The Labute approximate surface area is 103 Å². The number of rotatable bonds is 3. The summed E-state index contributed by atoms with van der Waals surface area (Å²) in [5.74, 6) is -0.218. The van der Waals surface area contributed by atoms with E-state index in [1.165, 1.54) is 18.2 Å². The van der Waals surface area contributed by atoms with E-state index in [0.29, 0.717) is 12.3 Å². The van der Waals surface area contributed by atoms with Crippen molar-refractivity contribution in [3.63, 3.8) is 0 Å². The molecule has 1 aliphatic heterocycles. The third kappa shape index (κ3) is 4.10. The van der Waals surface area contributed by atoms with Gasteiger partial charge in [0.25, 0.3) is 0 Å². The lowest BCUT2D eigenvalue weighted by Crippen LogP contribution is -2.29. The predicted molar refractivity (Wildman–Crippen MR) is 60.6 cm³/mol. The first kappa shape index (κ1) is 13.0. The van der Waals surface area contributed by atoms with Crippen molar-refractivity contribution in [2.24, 2.45) is 0 Å². The first-order chi connectivity index (χ1) is 8.53. The number of nitrogens with one attached hydrogen (secondary N) is 1. The van der Waals surface area contributed by atoms with Crippen molar-refractivity contribution in [2.75, 3.05) is 18.5 Å². The highest BCUT2D eigenvalue weighted by Crippen LogP contribution is 2.25. The van der Waals surface area contributed by atoms with Gasteiger partial charge in [-0.15, -0.1) is 13.2 Å². The summed E-state index contributed by atoms with van der Waals surface area (Å²) in [6.07, 6.45) is -2.76. The Bertz CT molecular complexity index is 389. The molecule has 1 atom stereocenters. The van der Waals surface area contributed by atoms with Crippen molar-refractivity contribution in [2.45, 2.75) is 25.2 Å². The molecule has 18 heavy (non-hydrogen) atoms. The standard InChI is InChI=1S/C12H14F3NO2/c13-12(14,15)18-11-5-1-3-9(7-11)16-10-4-2-6-17-8-10/h1,3,5,7,10,16H,2,4,6,8H2. The maximum Gasteiger partial charge on any atom is 0.573 e. The Hall–Kier alpha value is -1.43. The summed E-state index contributed by atoms with van der Waals surface area (Å²) in [6.45, 7) is 1.32. The lowest BCUT2D eigenvalue weighted by Gasteiger charge is -2.24. The molecule has 1 aromatic rings. The Morgan fingerprint density at radius 1 is 1.33 bits per heavy atom. The molecule has 0 radical (unpaired) electrons. The van der Waals surface area contributed by atoms with Crippen LogP contribution >= 0.6 is 0 Å². The normalized spacial score (nSPS) is 20.5. The summed E-state index contributed by atoms with van der Waals surface area (Å²) in [4.78, 5) is 0. The average molecular weight is 261 g/mol. The van der Waals surface area contributed by atoms with Crippen LogP contribution in [0.25, 0.3) is 0 Å². The van der Waals surface area contributed by atoms with Gasteiger partial charge >= 0.3 is 6.36 Å². The molecule has 0 amide bonds. The Morgan fingerprint density at radius 2 is 2.17 bits per heavy atom. The second-order valence-corrected chi connectivity index (χ2v) is 4.13. The van der Waals surface area contributed by atoms with Crippen LogP contribution in [0, 0.1) is 0 Å². The third-order valence-electron chi connectivity index (χ3n) is 2.60. The van der Waals surface area contributed by atoms with Crippen LogP contribution in [0.3, 0.4) is 0 Å². The van der Waals surface area contributed by atoms with Gasteiger partial charge in [0.05, 0.1) is 6.61 Å².